The molecule has 4 aromatic rings. The summed E-state index contributed by atoms with van der Waals surface area (Å²) in [6.07, 6.45) is -1.44. The largest absolute Gasteiger partial charge is 0.416 e. The molecule has 0 spiro atoms. The number of fused-ring (bicyclic) bond motifs is 1. The van der Waals surface area contributed by atoms with E-state index in [-0.39, 0.29) is 29.3 Å². The monoisotopic (exact) mass is 610 g/mol. The lowest BCUT2D eigenvalue weighted by Crippen LogP contribution is -2.28. The zero-order chi connectivity index (χ0) is 31.1. The van der Waals surface area contributed by atoms with Gasteiger partial charge in [0.05, 0.1) is 17.2 Å². The van der Waals surface area contributed by atoms with Gasteiger partial charge in [0, 0.05) is 37.2 Å². The number of benzene rings is 2. The quantitative estimate of drug-likeness (QED) is 0.257. The first-order valence-electron chi connectivity index (χ1n) is 13.5. The molecule has 1 aliphatic heterocycles. The molecule has 2 N–H and O–H groups in total. The van der Waals surface area contributed by atoms with Crippen LogP contribution in [0.5, 0.6) is 0 Å². The van der Waals surface area contributed by atoms with Gasteiger partial charge in [0.25, 0.3) is 0 Å². The molecule has 0 saturated carbocycles. The molecule has 1 aliphatic rings. The molecule has 0 bridgehead atoms. The van der Waals surface area contributed by atoms with Crippen molar-refractivity contribution < 1.29 is 26.4 Å². The number of hydrogen-bond acceptors (Lipinski definition) is 7. The fourth-order valence-electron chi connectivity index (χ4n) is 5.17. The number of aromatic nitrogens is 4. The Bertz CT molecular complexity index is 1910. The molecule has 0 amide bonds. The van der Waals surface area contributed by atoms with Crippen LogP contribution in [0.4, 0.5) is 19.0 Å². The number of ketones is 1. The van der Waals surface area contributed by atoms with Crippen molar-refractivity contribution >= 4 is 32.7 Å². The number of carbonyl (C=O) groups excluding carboxylic acids is 1. The van der Waals surface area contributed by atoms with Crippen LogP contribution in [0.25, 0.3) is 11.0 Å². The number of Topliss-reactive ketones (excluding diaryl/α,β-unsaturated/α-hetero) is 1. The van der Waals surface area contributed by atoms with Gasteiger partial charge in [-0.05, 0) is 60.9 Å². The average Bonchev–Trinajstić information content (AvgIpc) is 3.54. The summed E-state index contributed by atoms with van der Waals surface area (Å²) in [7, 11) is -3.28. The number of alkyl halides is 3. The summed E-state index contributed by atoms with van der Waals surface area (Å²) < 4.78 is 67.1. The van der Waals surface area contributed by atoms with Crippen LogP contribution in [0, 0.1) is 31.6 Å². The third-order valence-electron chi connectivity index (χ3n) is 7.55. The highest BCUT2D eigenvalue weighted by atomic mass is 32.2. The predicted octanol–water partition coefficient (Wildman–Crippen LogP) is 4.15. The summed E-state index contributed by atoms with van der Waals surface area (Å²) in [6.45, 7) is 4.46. The number of halogens is 3. The van der Waals surface area contributed by atoms with Crippen molar-refractivity contribution in [1.29, 1.82) is 0 Å². The normalized spacial score (nSPS) is 15.9. The van der Waals surface area contributed by atoms with Gasteiger partial charge in [-0.1, -0.05) is 30.2 Å². The number of aryl methyl sites for hydroxylation is 2. The van der Waals surface area contributed by atoms with E-state index in [0.29, 0.717) is 53.9 Å². The molecular formula is C30H29F3N6O3S. The molecule has 0 aliphatic carbocycles. The molecule has 3 heterocycles. The van der Waals surface area contributed by atoms with E-state index in [9.17, 15) is 26.4 Å². The van der Waals surface area contributed by atoms with E-state index in [0.717, 1.165) is 11.6 Å². The smallest absolute Gasteiger partial charge is 0.383 e. The number of rotatable bonds is 6. The first-order chi connectivity index (χ1) is 20.2. The number of carbonyl (C=O) groups is 1. The lowest BCUT2D eigenvalue weighted by atomic mass is 9.96. The summed E-state index contributed by atoms with van der Waals surface area (Å²) in [5.74, 6) is 5.94. The number of anilines is 1. The van der Waals surface area contributed by atoms with Crippen molar-refractivity contribution in [2.24, 2.45) is 5.92 Å². The Morgan fingerprint density at radius 3 is 2.53 bits per heavy atom. The Morgan fingerprint density at radius 2 is 1.84 bits per heavy atom. The highest BCUT2D eigenvalue weighted by Crippen LogP contribution is 2.32. The minimum atomic E-state index is -4.55. The van der Waals surface area contributed by atoms with Gasteiger partial charge in [-0.25, -0.2) is 27.4 Å². The lowest BCUT2D eigenvalue weighted by molar-refractivity contribution is -0.138. The molecule has 1 unspecified atom stereocenters. The van der Waals surface area contributed by atoms with Crippen LogP contribution in [0.3, 0.4) is 0 Å². The van der Waals surface area contributed by atoms with Crippen molar-refractivity contribution in [3.8, 4) is 11.8 Å². The zero-order valence-corrected chi connectivity index (χ0v) is 24.6. The van der Waals surface area contributed by atoms with E-state index < -0.39 is 27.5 Å². The molecule has 2 aromatic heterocycles. The lowest BCUT2D eigenvalue weighted by Gasteiger charge is -2.13. The summed E-state index contributed by atoms with van der Waals surface area (Å²) >= 11 is 0. The van der Waals surface area contributed by atoms with Crippen LogP contribution in [0.15, 0.2) is 42.7 Å². The minimum Gasteiger partial charge on any atom is -0.383 e. The van der Waals surface area contributed by atoms with E-state index in [2.05, 4.69) is 26.9 Å². The van der Waals surface area contributed by atoms with E-state index in [1.54, 1.807) is 22.9 Å². The highest BCUT2D eigenvalue weighted by Gasteiger charge is 2.33. The van der Waals surface area contributed by atoms with Crippen molar-refractivity contribution in [2.75, 3.05) is 25.1 Å². The van der Waals surface area contributed by atoms with E-state index in [1.807, 2.05) is 6.92 Å². The molecule has 43 heavy (non-hydrogen) atoms. The second-order valence-corrected chi connectivity index (χ2v) is 12.8. The van der Waals surface area contributed by atoms with E-state index >= 15 is 0 Å². The number of nitrogens with two attached hydrogens (primary N) is 1. The summed E-state index contributed by atoms with van der Waals surface area (Å²) in [6, 6.07) is 8.87. The fraction of sp³-hybridized carbons (Fsp3) is 0.333. The van der Waals surface area contributed by atoms with Crippen molar-refractivity contribution in [2.45, 2.75) is 39.4 Å². The summed E-state index contributed by atoms with van der Waals surface area (Å²) in [4.78, 5) is 21.3. The third kappa shape index (κ3) is 6.55. The van der Waals surface area contributed by atoms with Gasteiger partial charge in [-0.2, -0.15) is 18.3 Å². The Kier molecular flexibility index (Phi) is 8.02. The molecule has 0 radical (unpaired) electrons. The first kappa shape index (κ1) is 30.2. The van der Waals surface area contributed by atoms with Gasteiger partial charge in [0.2, 0.25) is 10.0 Å². The average molecular weight is 611 g/mol. The number of sulfonamides is 1. The fourth-order valence-corrected chi connectivity index (χ4v) is 6.08. The molecule has 2 aromatic carbocycles. The van der Waals surface area contributed by atoms with E-state index in [4.69, 9.17) is 5.73 Å². The first-order valence-corrected chi connectivity index (χ1v) is 15.3. The van der Waals surface area contributed by atoms with Crippen LogP contribution in [0.2, 0.25) is 0 Å². The predicted molar refractivity (Wildman–Crippen MR) is 156 cm³/mol. The molecule has 9 nitrogen and oxygen atoms in total. The molecule has 1 saturated heterocycles. The van der Waals surface area contributed by atoms with Gasteiger partial charge < -0.3 is 5.73 Å². The van der Waals surface area contributed by atoms with Crippen molar-refractivity contribution in [1.82, 2.24) is 24.1 Å². The molecule has 1 atom stereocenters. The van der Waals surface area contributed by atoms with Crippen molar-refractivity contribution in [3.05, 3.63) is 81.8 Å². The maximum Gasteiger partial charge on any atom is 0.416 e. The van der Waals surface area contributed by atoms with Crippen LogP contribution in [-0.2, 0) is 29.2 Å². The highest BCUT2D eigenvalue weighted by molar-refractivity contribution is 7.88. The minimum absolute atomic E-state index is 0.0134. The number of hydrogen-bond donors (Lipinski definition) is 1. The molecular weight excluding hydrogens is 581 g/mol. The Hall–Kier alpha value is -4.28. The van der Waals surface area contributed by atoms with Gasteiger partial charge in [-0.15, -0.1) is 0 Å². The second-order valence-electron chi connectivity index (χ2n) is 10.8. The van der Waals surface area contributed by atoms with Gasteiger partial charge in [-0.3, -0.25) is 4.79 Å². The van der Waals surface area contributed by atoms with Gasteiger partial charge in [0.15, 0.2) is 11.4 Å². The molecule has 1 fully saturated rings. The van der Waals surface area contributed by atoms with Crippen LogP contribution >= 0.6 is 0 Å². The summed E-state index contributed by atoms with van der Waals surface area (Å²) in [5, 5.41) is 5.12. The standard InChI is InChI=1S/C30H29F3N6O3S/c1-18-4-6-20(13-26(40)23-7-5-19(2)24(14-23)30(31,32)33)12-22(18)8-9-25-27-28(34)35-17-36-29(27)39(37-25)16-21-10-11-38(15-21)43(3,41)42/h4-7,12,14,17,21H,10-11,13,15-16H2,1-3H3,(H2,34,35,36). The zero-order valence-electron chi connectivity index (χ0n) is 23.7. The van der Waals surface area contributed by atoms with Gasteiger partial charge >= 0.3 is 6.18 Å². The molecule has 13 heteroatoms. The van der Waals surface area contributed by atoms with Gasteiger partial charge in [0.1, 0.15) is 17.8 Å². The second kappa shape index (κ2) is 11.4. The molecule has 224 valence electrons. The Morgan fingerprint density at radius 1 is 1.09 bits per heavy atom. The Labute approximate surface area is 247 Å². The summed E-state index contributed by atoms with van der Waals surface area (Å²) in [5.41, 5.74) is 8.27. The van der Waals surface area contributed by atoms with Crippen LogP contribution in [0.1, 0.15) is 50.3 Å². The number of nitrogen functional groups attached to an aromatic ring is 1. The Balaban J connectivity index is 1.41. The maximum absolute atomic E-state index is 13.4. The van der Waals surface area contributed by atoms with Crippen LogP contribution in [-0.4, -0.2) is 57.6 Å². The number of nitrogens with zero attached hydrogens (tertiary/aromatic N) is 5. The maximum atomic E-state index is 13.4. The SMILES string of the molecule is Cc1ccc(CC(=O)c2ccc(C)c(C(F)(F)F)c2)cc1C#Cc1nn(CC2CCN(S(C)(=O)=O)C2)c2ncnc(N)c12. The van der Waals surface area contributed by atoms with Crippen molar-refractivity contribution in [3.63, 3.8) is 0 Å². The van der Waals surface area contributed by atoms with Crippen LogP contribution < -0.4 is 5.73 Å². The molecule has 5 rings (SSSR count). The topological polar surface area (TPSA) is 124 Å². The van der Waals surface area contributed by atoms with E-state index in [1.165, 1.54) is 35.9 Å². The third-order valence-corrected chi connectivity index (χ3v) is 8.82.